The Balaban J connectivity index is 2.29. The molecular weight excluding hydrogens is 311 g/mol. The Labute approximate surface area is 109 Å². The summed E-state index contributed by atoms with van der Waals surface area (Å²) >= 11 is 3.29. The number of alkyl halides is 3. The van der Waals surface area contributed by atoms with Gasteiger partial charge in [-0.3, -0.25) is 4.79 Å². The standard InChI is InChI=1S/C12H9BrF3NO/c13-8-2-1-3-9-11(8)7(6-17-9)10(18)4-5-12(14,15)16/h1-3,6,17H,4-5H2. The Bertz CT molecular complexity index is 589. The van der Waals surface area contributed by atoms with E-state index in [0.29, 0.717) is 15.4 Å². The lowest BCUT2D eigenvalue weighted by atomic mass is 10.1. The van der Waals surface area contributed by atoms with Crippen molar-refractivity contribution in [3.05, 3.63) is 34.4 Å². The minimum Gasteiger partial charge on any atom is -0.360 e. The van der Waals surface area contributed by atoms with Crippen molar-refractivity contribution in [1.82, 2.24) is 4.98 Å². The summed E-state index contributed by atoms with van der Waals surface area (Å²) in [5.74, 6) is -0.509. The van der Waals surface area contributed by atoms with Crippen LogP contribution < -0.4 is 0 Å². The topological polar surface area (TPSA) is 32.9 Å². The molecule has 0 spiro atoms. The SMILES string of the molecule is O=C(CCC(F)(F)F)c1c[nH]c2cccc(Br)c12. The fraction of sp³-hybridized carbons (Fsp3) is 0.250. The van der Waals surface area contributed by atoms with Gasteiger partial charge in [0.25, 0.3) is 0 Å². The van der Waals surface area contributed by atoms with Gasteiger partial charge in [0.2, 0.25) is 0 Å². The molecule has 0 bridgehead atoms. The van der Waals surface area contributed by atoms with Gasteiger partial charge in [-0.05, 0) is 12.1 Å². The molecule has 1 aromatic carbocycles. The first-order chi connectivity index (χ1) is 8.38. The molecule has 0 aliphatic heterocycles. The highest BCUT2D eigenvalue weighted by atomic mass is 79.9. The summed E-state index contributed by atoms with van der Waals surface area (Å²) in [6, 6.07) is 5.30. The smallest absolute Gasteiger partial charge is 0.360 e. The van der Waals surface area contributed by atoms with Gasteiger partial charge in [0.05, 0.1) is 6.42 Å². The Morgan fingerprint density at radius 1 is 1.33 bits per heavy atom. The zero-order valence-electron chi connectivity index (χ0n) is 9.14. The first kappa shape index (κ1) is 13.1. The van der Waals surface area contributed by atoms with Crippen LogP contribution >= 0.6 is 15.9 Å². The highest BCUT2D eigenvalue weighted by molar-refractivity contribution is 9.10. The van der Waals surface area contributed by atoms with Crippen LogP contribution in [-0.4, -0.2) is 16.9 Å². The van der Waals surface area contributed by atoms with Gasteiger partial charge in [0.1, 0.15) is 0 Å². The molecule has 0 fully saturated rings. The summed E-state index contributed by atoms with van der Waals surface area (Å²) in [5, 5.41) is 0.629. The van der Waals surface area contributed by atoms with Crippen molar-refractivity contribution < 1.29 is 18.0 Å². The number of rotatable bonds is 3. The Morgan fingerprint density at radius 3 is 2.72 bits per heavy atom. The summed E-state index contributed by atoms with van der Waals surface area (Å²) in [7, 11) is 0. The van der Waals surface area contributed by atoms with Crippen LogP contribution in [0.2, 0.25) is 0 Å². The quantitative estimate of drug-likeness (QED) is 0.833. The summed E-state index contributed by atoms with van der Waals surface area (Å²) in [5.41, 5.74) is 1.02. The molecule has 2 nitrogen and oxygen atoms in total. The van der Waals surface area contributed by atoms with E-state index in [1.165, 1.54) is 6.20 Å². The number of aromatic nitrogens is 1. The first-order valence-corrected chi connectivity index (χ1v) is 6.03. The number of nitrogens with one attached hydrogen (secondary N) is 1. The molecular formula is C12H9BrF3NO. The van der Waals surface area contributed by atoms with E-state index < -0.39 is 24.8 Å². The number of hydrogen-bond acceptors (Lipinski definition) is 1. The largest absolute Gasteiger partial charge is 0.389 e. The molecule has 0 aliphatic carbocycles. The number of benzene rings is 1. The second-order valence-corrected chi connectivity index (χ2v) is 4.76. The van der Waals surface area contributed by atoms with Crippen LogP contribution in [0.25, 0.3) is 10.9 Å². The molecule has 96 valence electrons. The second kappa shape index (κ2) is 4.76. The molecule has 0 amide bonds. The molecule has 1 aromatic heterocycles. The molecule has 18 heavy (non-hydrogen) atoms. The van der Waals surface area contributed by atoms with Gasteiger partial charge in [-0.2, -0.15) is 13.2 Å². The summed E-state index contributed by atoms with van der Waals surface area (Å²) in [6.07, 6.45) is -4.48. The molecule has 0 radical (unpaired) electrons. The molecule has 6 heteroatoms. The maximum atomic E-state index is 12.1. The molecule has 0 aliphatic rings. The molecule has 0 saturated carbocycles. The third-order valence-electron chi connectivity index (χ3n) is 2.59. The highest BCUT2D eigenvalue weighted by Gasteiger charge is 2.28. The van der Waals surface area contributed by atoms with Crippen LogP contribution in [0.3, 0.4) is 0 Å². The lowest BCUT2D eigenvalue weighted by Gasteiger charge is -2.05. The number of hydrogen-bond donors (Lipinski definition) is 1. The van der Waals surface area contributed by atoms with E-state index in [2.05, 4.69) is 20.9 Å². The third-order valence-corrected chi connectivity index (χ3v) is 3.25. The van der Waals surface area contributed by atoms with Crippen molar-refractivity contribution in [3.63, 3.8) is 0 Å². The number of carbonyl (C=O) groups excluding carboxylic acids is 1. The Morgan fingerprint density at radius 2 is 2.06 bits per heavy atom. The van der Waals surface area contributed by atoms with Crippen LogP contribution in [0, 0.1) is 0 Å². The van der Waals surface area contributed by atoms with Gasteiger partial charge in [-0.1, -0.05) is 22.0 Å². The van der Waals surface area contributed by atoms with Gasteiger partial charge >= 0.3 is 6.18 Å². The second-order valence-electron chi connectivity index (χ2n) is 3.90. The maximum absolute atomic E-state index is 12.1. The molecule has 0 atom stereocenters. The van der Waals surface area contributed by atoms with Gasteiger partial charge < -0.3 is 4.98 Å². The fourth-order valence-corrected chi connectivity index (χ4v) is 2.33. The van der Waals surface area contributed by atoms with E-state index in [1.807, 2.05) is 0 Å². The van der Waals surface area contributed by atoms with Crippen LogP contribution in [0.1, 0.15) is 23.2 Å². The van der Waals surface area contributed by atoms with Crippen LogP contribution in [0.15, 0.2) is 28.9 Å². The van der Waals surface area contributed by atoms with Gasteiger partial charge in [-0.15, -0.1) is 0 Å². The summed E-state index contributed by atoms with van der Waals surface area (Å²) < 4.78 is 36.9. The average Bonchev–Trinajstić information content (AvgIpc) is 2.70. The van der Waals surface area contributed by atoms with Crippen molar-refractivity contribution in [3.8, 4) is 0 Å². The predicted molar refractivity (Wildman–Crippen MR) is 65.6 cm³/mol. The molecule has 0 saturated heterocycles. The highest BCUT2D eigenvalue weighted by Crippen LogP contribution is 2.29. The Hall–Kier alpha value is -1.30. The minimum atomic E-state index is -4.31. The van der Waals surface area contributed by atoms with Gasteiger partial charge in [0, 0.05) is 33.6 Å². The van der Waals surface area contributed by atoms with Crippen LogP contribution in [0.5, 0.6) is 0 Å². The van der Waals surface area contributed by atoms with E-state index in [0.717, 1.165) is 5.52 Å². The number of aromatic amines is 1. The van der Waals surface area contributed by atoms with Crippen molar-refractivity contribution >= 4 is 32.6 Å². The summed E-state index contributed by atoms with van der Waals surface area (Å²) in [4.78, 5) is 14.7. The zero-order chi connectivity index (χ0) is 13.3. The van der Waals surface area contributed by atoms with Crippen LogP contribution in [-0.2, 0) is 0 Å². The zero-order valence-corrected chi connectivity index (χ0v) is 10.7. The molecule has 1 N–H and O–H groups in total. The molecule has 2 rings (SSSR count). The number of carbonyl (C=O) groups is 1. The lowest BCUT2D eigenvalue weighted by molar-refractivity contribution is -0.133. The molecule has 2 aromatic rings. The summed E-state index contributed by atoms with van der Waals surface area (Å²) in [6.45, 7) is 0. The number of H-pyrrole nitrogens is 1. The third kappa shape index (κ3) is 2.75. The maximum Gasteiger partial charge on any atom is 0.389 e. The van der Waals surface area contributed by atoms with E-state index in [9.17, 15) is 18.0 Å². The monoisotopic (exact) mass is 319 g/mol. The van der Waals surface area contributed by atoms with Crippen molar-refractivity contribution in [2.24, 2.45) is 0 Å². The Kier molecular flexibility index (Phi) is 3.47. The van der Waals surface area contributed by atoms with Crippen molar-refractivity contribution in [2.45, 2.75) is 19.0 Å². The van der Waals surface area contributed by atoms with Crippen LogP contribution in [0.4, 0.5) is 13.2 Å². The van der Waals surface area contributed by atoms with E-state index >= 15 is 0 Å². The van der Waals surface area contributed by atoms with Gasteiger partial charge in [0.15, 0.2) is 5.78 Å². The number of halogens is 4. The minimum absolute atomic E-state index is 0.293. The predicted octanol–water partition coefficient (Wildman–Crippen LogP) is 4.46. The van der Waals surface area contributed by atoms with E-state index in [4.69, 9.17) is 0 Å². The first-order valence-electron chi connectivity index (χ1n) is 5.24. The normalized spacial score (nSPS) is 12.0. The lowest BCUT2D eigenvalue weighted by Crippen LogP contribution is -2.10. The van der Waals surface area contributed by atoms with Crippen molar-refractivity contribution in [2.75, 3.05) is 0 Å². The number of fused-ring (bicyclic) bond motifs is 1. The fourth-order valence-electron chi connectivity index (χ4n) is 1.75. The van der Waals surface area contributed by atoms with Gasteiger partial charge in [-0.25, -0.2) is 0 Å². The average molecular weight is 320 g/mol. The molecule has 0 unspecified atom stereocenters. The number of ketones is 1. The number of Topliss-reactive ketones (excluding diaryl/α,β-unsaturated/α-hetero) is 1. The van der Waals surface area contributed by atoms with E-state index in [-0.39, 0.29) is 0 Å². The van der Waals surface area contributed by atoms with Crippen molar-refractivity contribution in [1.29, 1.82) is 0 Å². The molecule has 1 heterocycles. The van der Waals surface area contributed by atoms with E-state index in [1.54, 1.807) is 18.2 Å².